The number of carboxylic acids is 1. The number of hydrogen-bond acceptors (Lipinski definition) is 3. The van der Waals surface area contributed by atoms with E-state index in [1.807, 2.05) is 30.3 Å². The summed E-state index contributed by atoms with van der Waals surface area (Å²) in [5, 5.41) is 16.6. The highest BCUT2D eigenvalue weighted by Gasteiger charge is 2.30. The molecule has 0 bridgehead atoms. The summed E-state index contributed by atoms with van der Waals surface area (Å²) < 4.78 is 1.64. The lowest BCUT2D eigenvalue weighted by Crippen LogP contribution is -2.43. The van der Waals surface area contributed by atoms with Crippen LogP contribution in [0.1, 0.15) is 48.9 Å². The van der Waals surface area contributed by atoms with Gasteiger partial charge in [0.2, 0.25) is 0 Å². The second kappa shape index (κ2) is 7.96. The maximum Gasteiger partial charge on any atom is 0.308 e. The van der Waals surface area contributed by atoms with Crippen molar-refractivity contribution in [2.45, 2.75) is 44.6 Å². The Morgan fingerprint density at radius 2 is 1.80 bits per heavy atom. The molecule has 1 heterocycles. The molecule has 25 heavy (non-hydrogen) atoms. The van der Waals surface area contributed by atoms with E-state index >= 15 is 0 Å². The van der Waals surface area contributed by atoms with Crippen LogP contribution in [-0.2, 0) is 4.79 Å². The van der Waals surface area contributed by atoms with Crippen LogP contribution in [0, 0.1) is 5.92 Å². The summed E-state index contributed by atoms with van der Waals surface area (Å²) in [5.41, 5.74) is 1.31. The van der Waals surface area contributed by atoms with E-state index in [0.29, 0.717) is 18.4 Å². The van der Waals surface area contributed by atoms with Gasteiger partial charge in [0.1, 0.15) is 0 Å². The van der Waals surface area contributed by atoms with Gasteiger partial charge >= 0.3 is 5.97 Å². The molecule has 2 N–H and O–H groups in total. The molecule has 132 valence electrons. The predicted molar refractivity (Wildman–Crippen MR) is 93.6 cm³/mol. The van der Waals surface area contributed by atoms with Crippen molar-refractivity contribution in [3.63, 3.8) is 0 Å². The monoisotopic (exact) mass is 341 g/mol. The van der Waals surface area contributed by atoms with Crippen molar-refractivity contribution >= 4 is 11.9 Å². The smallest absolute Gasteiger partial charge is 0.308 e. The van der Waals surface area contributed by atoms with Crippen LogP contribution in [0.25, 0.3) is 5.69 Å². The molecule has 1 fully saturated rings. The van der Waals surface area contributed by atoms with Crippen LogP contribution in [-0.4, -0.2) is 32.8 Å². The lowest BCUT2D eigenvalue weighted by atomic mass is 9.86. The summed E-state index contributed by atoms with van der Waals surface area (Å²) in [4.78, 5) is 24.1. The molecule has 1 aromatic heterocycles. The van der Waals surface area contributed by atoms with Crippen molar-refractivity contribution in [1.29, 1.82) is 0 Å². The zero-order valence-electron chi connectivity index (χ0n) is 14.1. The van der Waals surface area contributed by atoms with Gasteiger partial charge in [0.15, 0.2) is 0 Å². The summed E-state index contributed by atoms with van der Waals surface area (Å²) in [6.07, 6.45) is 8.50. The first-order valence-electron chi connectivity index (χ1n) is 8.79. The fourth-order valence-corrected chi connectivity index (χ4v) is 3.37. The minimum Gasteiger partial charge on any atom is -0.481 e. The molecule has 6 nitrogen and oxygen atoms in total. The molecule has 2 unspecified atom stereocenters. The second-order valence-corrected chi connectivity index (χ2v) is 6.53. The van der Waals surface area contributed by atoms with Gasteiger partial charge in [0.25, 0.3) is 5.91 Å². The quantitative estimate of drug-likeness (QED) is 0.895. The normalized spacial score (nSPS) is 21.1. The number of benzene rings is 1. The van der Waals surface area contributed by atoms with Crippen molar-refractivity contribution < 1.29 is 14.7 Å². The van der Waals surface area contributed by atoms with E-state index in [1.165, 1.54) is 6.20 Å². The van der Waals surface area contributed by atoms with E-state index in [2.05, 4.69) is 10.4 Å². The van der Waals surface area contributed by atoms with Crippen LogP contribution in [0.15, 0.2) is 42.7 Å². The number of aromatic nitrogens is 2. The molecule has 0 radical (unpaired) electrons. The average molecular weight is 341 g/mol. The highest BCUT2D eigenvalue weighted by Crippen LogP contribution is 2.23. The summed E-state index contributed by atoms with van der Waals surface area (Å²) in [5.74, 6) is -1.61. The van der Waals surface area contributed by atoms with E-state index < -0.39 is 11.9 Å². The van der Waals surface area contributed by atoms with E-state index in [4.69, 9.17) is 0 Å². The molecular weight excluding hydrogens is 318 g/mol. The Morgan fingerprint density at radius 3 is 2.52 bits per heavy atom. The number of carboxylic acid groups (broad SMARTS) is 1. The van der Waals surface area contributed by atoms with Gasteiger partial charge in [0, 0.05) is 12.2 Å². The molecule has 0 spiro atoms. The van der Waals surface area contributed by atoms with Gasteiger partial charge in [-0.2, -0.15) is 5.10 Å². The number of carbonyl (C=O) groups excluding carboxylic acids is 1. The highest BCUT2D eigenvalue weighted by atomic mass is 16.4. The molecule has 0 aliphatic heterocycles. The predicted octanol–water partition coefficient (Wildman–Crippen LogP) is 3.03. The van der Waals surface area contributed by atoms with Gasteiger partial charge in [-0.15, -0.1) is 0 Å². The van der Waals surface area contributed by atoms with Crippen LogP contribution in [0.4, 0.5) is 0 Å². The van der Waals surface area contributed by atoms with E-state index in [9.17, 15) is 14.7 Å². The average Bonchev–Trinajstić information content (AvgIpc) is 3.08. The molecular formula is C19H23N3O3. The van der Waals surface area contributed by atoms with Crippen molar-refractivity contribution in [3.8, 4) is 5.69 Å². The van der Waals surface area contributed by atoms with Gasteiger partial charge in [-0.25, -0.2) is 4.68 Å². The minimum absolute atomic E-state index is 0.265. The minimum atomic E-state index is -0.827. The fraction of sp³-hybridized carbons (Fsp3) is 0.421. The molecule has 1 aromatic carbocycles. The number of carbonyl (C=O) groups is 2. The summed E-state index contributed by atoms with van der Waals surface area (Å²) in [6, 6.07) is 9.21. The lowest BCUT2D eigenvalue weighted by Gasteiger charge is -2.27. The number of aliphatic carboxylic acids is 1. The number of nitrogens with one attached hydrogen (secondary N) is 1. The van der Waals surface area contributed by atoms with Crippen LogP contribution in [0.3, 0.4) is 0 Å². The van der Waals surface area contributed by atoms with Gasteiger partial charge in [-0.3, -0.25) is 9.59 Å². The number of para-hydroxylation sites is 1. The third kappa shape index (κ3) is 4.26. The Kier molecular flexibility index (Phi) is 5.48. The van der Waals surface area contributed by atoms with Gasteiger partial charge in [-0.1, -0.05) is 43.9 Å². The topological polar surface area (TPSA) is 84.2 Å². The van der Waals surface area contributed by atoms with Crippen molar-refractivity contribution in [1.82, 2.24) is 15.1 Å². The number of hydrogen-bond donors (Lipinski definition) is 2. The molecule has 0 saturated heterocycles. The SMILES string of the molecule is O=C(NC1CCCCCCC1C(=O)O)c1cnn(-c2ccccc2)c1. The van der Waals surface area contributed by atoms with Crippen molar-refractivity contribution in [2.24, 2.45) is 5.92 Å². The van der Waals surface area contributed by atoms with Gasteiger partial charge < -0.3 is 10.4 Å². The molecule has 1 amide bonds. The van der Waals surface area contributed by atoms with Gasteiger partial charge in [-0.05, 0) is 25.0 Å². The number of nitrogens with zero attached hydrogens (tertiary/aromatic N) is 2. The van der Waals surface area contributed by atoms with Gasteiger partial charge in [0.05, 0.1) is 23.4 Å². The first kappa shape index (κ1) is 17.2. The van der Waals surface area contributed by atoms with Crippen LogP contribution in [0.5, 0.6) is 0 Å². The Labute approximate surface area is 146 Å². The van der Waals surface area contributed by atoms with E-state index in [0.717, 1.165) is 31.4 Å². The first-order valence-corrected chi connectivity index (χ1v) is 8.79. The molecule has 2 aromatic rings. The third-order valence-corrected chi connectivity index (χ3v) is 4.77. The van der Waals surface area contributed by atoms with Crippen molar-refractivity contribution in [3.05, 3.63) is 48.3 Å². The molecule has 6 heteroatoms. The van der Waals surface area contributed by atoms with Crippen LogP contribution >= 0.6 is 0 Å². The van der Waals surface area contributed by atoms with Crippen LogP contribution < -0.4 is 5.32 Å². The lowest BCUT2D eigenvalue weighted by molar-refractivity contribution is -0.143. The van der Waals surface area contributed by atoms with E-state index in [-0.39, 0.29) is 11.9 Å². The highest BCUT2D eigenvalue weighted by molar-refractivity contribution is 5.94. The van der Waals surface area contributed by atoms with Crippen molar-refractivity contribution in [2.75, 3.05) is 0 Å². The Hall–Kier alpha value is -2.63. The number of rotatable bonds is 4. The second-order valence-electron chi connectivity index (χ2n) is 6.53. The number of amides is 1. The zero-order chi connectivity index (χ0) is 17.6. The molecule has 3 rings (SSSR count). The molecule has 2 atom stereocenters. The zero-order valence-corrected chi connectivity index (χ0v) is 14.1. The molecule has 1 saturated carbocycles. The third-order valence-electron chi connectivity index (χ3n) is 4.77. The standard InChI is InChI=1S/C19H23N3O3/c23-18(14-12-20-22(13-14)15-8-4-3-5-9-15)21-17-11-7-2-1-6-10-16(17)19(24)25/h3-5,8-9,12-13,16-17H,1-2,6-7,10-11H2,(H,21,23)(H,24,25). The van der Waals surface area contributed by atoms with E-state index in [1.54, 1.807) is 10.9 Å². The largest absolute Gasteiger partial charge is 0.481 e. The fourth-order valence-electron chi connectivity index (χ4n) is 3.37. The Balaban J connectivity index is 1.72. The summed E-state index contributed by atoms with van der Waals surface area (Å²) >= 11 is 0. The Bertz CT molecular complexity index is 727. The summed E-state index contributed by atoms with van der Waals surface area (Å²) in [6.45, 7) is 0. The molecule has 1 aliphatic carbocycles. The molecule has 1 aliphatic rings. The summed E-state index contributed by atoms with van der Waals surface area (Å²) in [7, 11) is 0. The first-order chi connectivity index (χ1) is 12.1. The van der Waals surface area contributed by atoms with Crippen LogP contribution in [0.2, 0.25) is 0 Å². The maximum atomic E-state index is 12.6. The maximum absolute atomic E-state index is 12.6. The Morgan fingerprint density at radius 1 is 1.08 bits per heavy atom.